The molecule has 2 aromatic carbocycles. The topological polar surface area (TPSA) is 36.1 Å². The number of nitrogens with zero attached hydrogens (tertiary/aromatic N) is 1. The Morgan fingerprint density at radius 1 is 1.16 bits per heavy atom. The summed E-state index contributed by atoms with van der Waals surface area (Å²) in [7, 11) is 0. The van der Waals surface area contributed by atoms with Crippen LogP contribution in [0.4, 0.5) is 4.39 Å². The minimum Gasteiger partial charge on any atom is -0.361 e. The zero-order valence-corrected chi connectivity index (χ0v) is 13.8. The van der Waals surface area contributed by atoms with E-state index in [2.05, 4.69) is 23.2 Å². The lowest BCUT2D eigenvalue weighted by molar-refractivity contribution is -0.130. The number of nitrogens with one attached hydrogen (secondary N) is 1. The van der Waals surface area contributed by atoms with E-state index >= 15 is 0 Å². The number of halogens is 1. The third-order valence-corrected chi connectivity index (χ3v) is 4.74. The molecule has 4 heteroatoms. The third kappa shape index (κ3) is 3.20. The Kier molecular flexibility index (Phi) is 4.10. The SMILES string of the molecule is O=C(Cc1cccc(F)c1)N1CC=C(c2c[nH]c3ccccc23)CC1. The van der Waals surface area contributed by atoms with Crippen LogP contribution in [0.1, 0.15) is 17.5 Å². The minimum absolute atomic E-state index is 0.0415. The molecule has 1 aliphatic heterocycles. The van der Waals surface area contributed by atoms with E-state index in [1.165, 1.54) is 28.7 Å². The highest BCUT2D eigenvalue weighted by Gasteiger charge is 2.19. The van der Waals surface area contributed by atoms with Crippen molar-refractivity contribution in [3.8, 4) is 0 Å². The maximum atomic E-state index is 13.3. The van der Waals surface area contributed by atoms with Crippen molar-refractivity contribution in [3.05, 3.63) is 77.7 Å². The molecule has 0 aliphatic carbocycles. The van der Waals surface area contributed by atoms with Crippen molar-refractivity contribution in [2.75, 3.05) is 13.1 Å². The fraction of sp³-hybridized carbons (Fsp3) is 0.190. The van der Waals surface area contributed by atoms with Gasteiger partial charge in [0.2, 0.25) is 5.91 Å². The van der Waals surface area contributed by atoms with Gasteiger partial charge in [-0.2, -0.15) is 0 Å². The molecule has 4 rings (SSSR count). The highest BCUT2D eigenvalue weighted by atomic mass is 19.1. The Morgan fingerprint density at radius 3 is 2.84 bits per heavy atom. The Labute approximate surface area is 145 Å². The summed E-state index contributed by atoms with van der Waals surface area (Å²) in [6, 6.07) is 14.5. The molecule has 0 radical (unpaired) electrons. The Morgan fingerprint density at radius 2 is 2.04 bits per heavy atom. The van der Waals surface area contributed by atoms with Crippen LogP contribution < -0.4 is 0 Å². The van der Waals surface area contributed by atoms with E-state index in [-0.39, 0.29) is 18.1 Å². The second-order valence-corrected chi connectivity index (χ2v) is 6.37. The minimum atomic E-state index is -0.300. The number of aromatic amines is 1. The molecule has 1 aliphatic rings. The molecule has 0 bridgehead atoms. The van der Waals surface area contributed by atoms with Crippen LogP contribution in [0.5, 0.6) is 0 Å². The van der Waals surface area contributed by atoms with Crippen LogP contribution >= 0.6 is 0 Å². The zero-order valence-electron chi connectivity index (χ0n) is 13.8. The smallest absolute Gasteiger partial charge is 0.227 e. The van der Waals surface area contributed by atoms with Crippen LogP contribution in [-0.2, 0) is 11.2 Å². The quantitative estimate of drug-likeness (QED) is 0.767. The molecular weight excluding hydrogens is 315 g/mol. The lowest BCUT2D eigenvalue weighted by Crippen LogP contribution is -2.35. The number of amides is 1. The summed E-state index contributed by atoms with van der Waals surface area (Å²) in [4.78, 5) is 17.6. The number of carbonyl (C=O) groups excluding carboxylic acids is 1. The van der Waals surface area contributed by atoms with Crippen molar-refractivity contribution < 1.29 is 9.18 Å². The maximum Gasteiger partial charge on any atom is 0.227 e. The molecule has 0 saturated heterocycles. The zero-order chi connectivity index (χ0) is 17.2. The fourth-order valence-electron chi connectivity index (χ4n) is 3.41. The monoisotopic (exact) mass is 334 g/mol. The predicted octanol–water partition coefficient (Wildman–Crippen LogP) is 4.17. The summed E-state index contributed by atoms with van der Waals surface area (Å²) in [6.07, 6.45) is 5.24. The van der Waals surface area contributed by atoms with Crippen molar-refractivity contribution in [1.29, 1.82) is 0 Å². The van der Waals surface area contributed by atoms with Gasteiger partial charge in [-0.25, -0.2) is 4.39 Å². The van der Waals surface area contributed by atoms with E-state index in [4.69, 9.17) is 0 Å². The average Bonchev–Trinajstić information content (AvgIpc) is 3.06. The molecule has 0 saturated carbocycles. The molecule has 0 atom stereocenters. The molecule has 3 aromatic rings. The van der Waals surface area contributed by atoms with Gasteiger partial charge in [0.15, 0.2) is 0 Å². The summed E-state index contributed by atoms with van der Waals surface area (Å²) in [6.45, 7) is 1.29. The summed E-state index contributed by atoms with van der Waals surface area (Å²) >= 11 is 0. The molecular formula is C21H19FN2O. The number of benzene rings is 2. The molecule has 3 nitrogen and oxygen atoms in total. The maximum absolute atomic E-state index is 13.3. The lowest BCUT2D eigenvalue weighted by atomic mass is 9.98. The molecule has 2 heterocycles. The van der Waals surface area contributed by atoms with Crippen LogP contribution in [0.25, 0.3) is 16.5 Å². The number of para-hydroxylation sites is 1. The lowest BCUT2D eigenvalue weighted by Gasteiger charge is -2.26. The van der Waals surface area contributed by atoms with Gasteiger partial charge in [0.25, 0.3) is 0 Å². The summed E-state index contributed by atoms with van der Waals surface area (Å²) in [5.41, 5.74) is 4.33. The van der Waals surface area contributed by atoms with Crippen LogP contribution in [0.2, 0.25) is 0 Å². The first-order chi connectivity index (χ1) is 12.2. The Bertz CT molecular complexity index is 957. The van der Waals surface area contributed by atoms with Gasteiger partial charge in [0, 0.05) is 35.8 Å². The fourth-order valence-corrected chi connectivity index (χ4v) is 3.41. The van der Waals surface area contributed by atoms with Crippen LogP contribution in [0.3, 0.4) is 0 Å². The number of rotatable bonds is 3. The van der Waals surface area contributed by atoms with Gasteiger partial charge in [0.05, 0.1) is 6.42 Å². The number of fused-ring (bicyclic) bond motifs is 1. The summed E-state index contributed by atoms with van der Waals surface area (Å²) in [5, 5.41) is 1.22. The van der Waals surface area contributed by atoms with Gasteiger partial charge in [0.1, 0.15) is 5.82 Å². The first-order valence-corrected chi connectivity index (χ1v) is 8.48. The number of aromatic nitrogens is 1. The van der Waals surface area contributed by atoms with Gasteiger partial charge < -0.3 is 9.88 Å². The van der Waals surface area contributed by atoms with Gasteiger partial charge in [-0.1, -0.05) is 36.4 Å². The number of hydrogen-bond donors (Lipinski definition) is 1. The van der Waals surface area contributed by atoms with Crippen molar-refractivity contribution >= 4 is 22.4 Å². The molecule has 1 amide bonds. The Balaban J connectivity index is 1.47. The standard InChI is InChI=1S/C21H19FN2O/c22-17-5-3-4-15(12-17)13-21(25)24-10-8-16(9-11-24)19-14-23-20-7-2-1-6-18(19)20/h1-8,12,14,23H,9-11,13H2. The summed E-state index contributed by atoms with van der Waals surface area (Å²) in [5.74, 6) is -0.259. The second-order valence-electron chi connectivity index (χ2n) is 6.37. The van der Waals surface area contributed by atoms with E-state index in [0.717, 1.165) is 17.5 Å². The van der Waals surface area contributed by atoms with E-state index in [1.807, 2.05) is 23.2 Å². The third-order valence-electron chi connectivity index (χ3n) is 4.74. The second kappa shape index (κ2) is 6.55. The van der Waals surface area contributed by atoms with Crippen LogP contribution in [0.15, 0.2) is 60.8 Å². The number of hydrogen-bond acceptors (Lipinski definition) is 1. The molecule has 0 spiro atoms. The molecule has 1 N–H and O–H groups in total. The van der Waals surface area contributed by atoms with E-state index < -0.39 is 0 Å². The van der Waals surface area contributed by atoms with E-state index in [9.17, 15) is 9.18 Å². The first-order valence-electron chi connectivity index (χ1n) is 8.48. The van der Waals surface area contributed by atoms with Crippen molar-refractivity contribution in [2.45, 2.75) is 12.8 Å². The van der Waals surface area contributed by atoms with Crippen LogP contribution in [0, 0.1) is 5.82 Å². The van der Waals surface area contributed by atoms with Crippen molar-refractivity contribution in [1.82, 2.24) is 9.88 Å². The van der Waals surface area contributed by atoms with E-state index in [0.29, 0.717) is 13.1 Å². The molecule has 1 aromatic heterocycles. The van der Waals surface area contributed by atoms with Gasteiger partial charge in [-0.15, -0.1) is 0 Å². The molecule has 0 unspecified atom stereocenters. The summed E-state index contributed by atoms with van der Waals surface area (Å²) < 4.78 is 13.3. The first kappa shape index (κ1) is 15.6. The van der Waals surface area contributed by atoms with Crippen LogP contribution in [-0.4, -0.2) is 28.9 Å². The van der Waals surface area contributed by atoms with Gasteiger partial charge in [-0.05, 0) is 35.8 Å². The highest BCUT2D eigenvalue weighted by Crippen LogP contribution is 2.29. The number of H-pyrrole nitrogens is 1. The number of carbonyl (C=O) groups is 1. The highest BCUT2D eigenvalue weighted by molar-refractivity contribution is 5.93. The molecule has 126 valence electrons. The molecule has 0 fully saturated rings. The van der Waals surface area contributed by atoms with Gasteiger partial charge >= 0.3 is 0 Å². The Hall–Kier alpha value is -2.88. The predicted molar refractivity (Wildman–Crippen MR) is 97.6 cm³/mol. The van der Waals surface area contributed by atoms with Crippen molar-refractivity contribution in [2.24, 2.45) is 0 Å². The van der Waals surface area contributed by atoms with Crippen molar-refractivity contribution in [3.63, 3.8) is 0 Å². The van der Waals surface area contributed by atoms with Gasteiger partial charge in [-0.3, -0.25) is 4.79 Å². The average molecular weight is 334 g/mol. The largest absolute Gasteiger partial charge is 0.361 e. The van der Waals surface area contributed by atoms with E-state index in [1.54, 1.807) is 12.1 Å². The normalized spacial score (nSPS) is 14.6. The molecule has 25 heavy (non-hydrogen) atoms.